The first kappa shape index (κ1) is 23.2. The van der Waals surface area contributed by atoms with E-state index in [0.29, 0.717) is 6.54 Å². The number of carbonyl (C=O) groups is 2. The van der Waals surface area contributed by atoms with Gasteiger partial charge in [-0.1, -0.05) is 32.0 Å². The number of aryl methyl sites for hydroxylation is 1. The van der Waals surface area contributed by atoms with Crippen molar-refractivity contribution in [1.82, 2.24) is 9.13 Å². The van der Waals surface area contributed by atoms with Gasteiger partial charge in [-0.3, -0.25) is 9.59 Å². The fraction of sp³-hybridized carbons (Fsp3) is 0.500. The highest BCUT2D eigenvalue weighted by molar-refractivity contribution is 6.11. The number of aromatic nitrogens is 3. The fourth-order valence-electron chi connectivity index (χ4n) is 5.12. The van der Waals surface area contributed by atoms with E-state index in [4.69, 9.17) is 10.5 Å². The minimum absolute atomic E-state index is 0.0803. The molecule has 176 valence electrons. The number of hydrogen-bond acceptors (Lipinski definition) is 4. The van der Waals surface area contributed by atoms with Crippen LogP contribution in [0.2, 0.25) is 0 Å². The van der Waals surface area contributed by atoms with Gasteiger partial charge in [-0.2, -0.15) is 4.57 Å². The minimum Gasteiger partial charge on any atom is -0.422 e. The zero-order chi connectivity index (χ0) is 23.9. The molecule has 1 aliphatic rings. The highest BCUT2D eigenvalue weighted by Crippen LogP contribution is 2.34. The number of rotatable bonds is 7. The van der Waals surface area contributed by atoms with Crippen molar-refractivity contribution in [3.63, 3.8) is 0 Å². The average molecular weight is 452 g/mol. The molecule has 2 aromatic heterocycles. The van der Waals surface area contributed by atoms with E-state index in [9.17, 15) is 9.59 Å². The normalized spacial score (nSPS) is 17.9. The van der Waals surface area contributed by atoms with Gasteiger partial charge in [0.1, 0.15) is 18.9 Å². The number of esters is 1. The van der Waals surface area contributed by atoms with Crippen molar-refractivity contribution in [3.05, 3.63) is 53.7 Å². The maximum absolute atomic E-state index is 13.5. The van der Waals surface area contributed by atoms with Crippen molar-refractivity contribution in [2.75, 3.05) is 6.54 Å². The fourth-order valence-corrected chi connectivity index (χ4v) is 5.12. The topological polar surface area (TPSA) is 83.1 Å². The molecule has 7 nitrogen and oxygen atoms in total. The van der Waals surface area contributed by atoms with Gasteiger partial charge in [-0.15, -0.1) is 0 Å². The molecule has 0 amide bonds. The molecule has 0 saturated heterocycles. The molecule has 0 saturated carbocycles. The summed E-state index contributed by atoms with van der Waals surface area (Å²) in [5.41, 5.74) is 8.89. The van der Waals surface area contributed by atoms with Crippen molar-refractivity contribution < 1.29 is 18.9 Å². The van der Waals surface area contributed by atoms with Crippen LogP contribution in [0.3, 0.4) is 0 Å². The van der Waals surface area contributed by atoms with E-state index >= 15 is 0 Å². The molecule has 0 fully saturated rings. The van der Waals surface area contributed by atoms with E-state index in [0.717, 1.165) is 40.8 Å². The summed E-state index contributed by atoms with van der Waals surface area (Å²) in [5, 5.41) is 1.05. The predicted molar refractivity (Wildman–Crippen MR) is 127 cm³/mol. The Kier molecular flexibility index (Phi) is 6.43. The molecule has 33 heavy (non-hydrogen) atoms. The van der Waals surface area contributed by atoms with Crippen LogP contribution in [0.25, 0.3) is 10.9 Å². The van der Waals surface area contributed by atoms with Gasteiger partial charge in [-0.25, -0.2) is 4.57 Å². The number of ether oxygens (including phenoxy) is 1. The van der Waals surface area contributed by atoms with Gasteiger partial charge in [0, 0.05) is 49.6 Å². The summed E-state index contributed by atoms with van der Waals surface area (Å²) in [6, 6.07) is 8.13. The Morgan fingerprint density at radius 2 is 2.00 bits per heavy atom. The Hall–Kier alpha value is -2.93. The van der Waals surface area contributed by atoms with Gasteiger partial charge in [0.2, 0.25) is 6.23 Å². The molecule has 0 radical (unpaired) electrons. The molecule has 3 aromatic rings. The highest BCUT2D eigenvalue weighted by Gasteiger charge is 2.34. The van der Waals surface area contributed by atoms with E-state index in [-0.39, 0.29) is 36.1 Å². The van der Waals surface area contributed by atoms with E-state index in [1.165, 1.54) is 0 Å². The summed E-state index contributed by atoms with van der Waals surface area (Å²) in [5.74, 6) is 0.622. The predicted octanol–water partition coefficient (Wildman–Crippen LogP) is 3.31. The largest absolute Gasteiger partial charge is 0.422 e. The number of carbonyl (C=O) groups excluding carboxylic acids is 2. The van der Waals surface area contributed by atoms with Crippen LogP contribution in [-0.4, -0.2) is 27.4 Å². The molecular weight excluding hydrogens is 416 g/mol. The van der Waals surface area contributed by atoms with Crippen molar-refractivity contribution in [2.24, 2.45) is 30.5 Å². The molecular formula is C26H35N4O3+. The van der Waals surface area contributed by atoms with Crippen molar-refractivity contribution >= 4 is 22.7 Å². The van der Waals surface area contributed by atoms with Crippen molar-refractivity contribution in [2.45, 2.75) is 53.3 Å². The Morgan fingerprint density at radius 1 is 1.27 bits per heavy atom. The number of nitrogens with two attached hydrogens (primary N) is 1. The molecule has 2 N–H and O–H groups in total. The van der Waals surface area contributed by atoms with Gasteiger partial charge < -0.3 is 15.0 Å². The van der Waals surface area contributed by atoms with Crippen LogP contribution in [0.4, 0.5) is 0 Å². The first-order valence-electron chi connectivity index (χ1n) is 11.8. The molecule has 4 rings (SSSR count). The molecule has 1 aromatic carbocycles. The van der Waals surface area contributed by atoms with Gasteiger partial charge >= 0.3 is 5.97 Å². The third-order valence-electron chi connectivity index (χ3n) is 7.23. The molecule has 0 aliphatic heterocycles. The third kappa shape index (κ3) is 4.10. The van der Waals surface area contributed by atoms with Crippen LogP contribution in [0.15, 0.2) is 36.7 Å². The Balaban J connectivity index is 1.52. The number of ketones is 1. The second kappa shape index (κ2) is 9.14. The SMILES string of the molecule is Cc1n(CC2CCc3c(c4ccccc4n3C)C2=O)cc[n+]1C(C)OC(=O)C(CN)C(C)C. The Morgan fingerprint density at radius 3 is 2.70 bits per heavy atom. The maximum Gasteiger partial charge on any atom is 0.313 e. The number of Topliss-reactive ketones (excluding diaryl/α,β-unsaturated/α-hetero) is 1. The lowest BCUT2D eigenvalue weighted by Crippen LogP contribution is -2.44. The van der Waals surface area contributed by atoms with Crippen LogP contribution in [0.1, 0.15) is 55.3 Å². The number of fused-ring (bicyclic) bond motifs is 3. The lowest BCUT2D eigenvalue weighted by atomic mass is 9.85. The second-order valence-corrected chi connectivity index (χ2v) is 9.53. The van der Waals surface area contributed by atoms with E-state index in [2.05, 4.69) is 15.2 Å². The van der Waals surface area contributed by atoms with Gasteiger partial charge in [0.25, 0.3) is 5.82 Å². The molecule has 0 spiro atoms. The van der Waals surface area contributed by atoms with Crippen molar-refractivity contribution in [3.8, 4) is 0 Å². The minimum atomic E-state index is -0.446. The number of nitrogens with zero attached hydrogens (tertiary/aromatic N) is 3. The number of hydrogen-bond donors (Lipinski definition) is 1. The Labute approximate surface area is 195 Å². The van der Waals surface area contributed by atoms with Crippen molar-refractivity contribution in [1.29, 1.82) is 0 Å². The summed E-state index contributed by atoms with van der Waals surface area (Å²) in [6.07, 6.45) is 5.15. The number of imidazole rings is 1. The average Bonchev–Trinajstić information content (AvgIpc) is 3.28. The van der Waals surface area contributed by atoms with Crippen LogP contribution in [-0.2, 0) is 29.5 Å². The van der Waals surface area contributed by atoms with Crippen LogP contribution < -0.4 is 10.3 Å². The van der Waals surface area contributed by atoms with E-state index in [1.54, 1.807) is 0 Å². The molecule has 0 bridgehead atoms. The summed E-state index contributed by atoms with van der Waals surface area (Å²) in [6.45, 7) is 8.68. The zero-order valence-electron chi connectivity index (χ0n) is 20.2. The molecule has 2 heterocycles. The van der Waals surface area contributed by atoms with Gasteiger partial charge in [-0.05, 0) is 24.8 Å². The molecule has 3 atom stereocenters. The van der Waals surface area contributed by atoms with E-state index < -0.39 is 6.23 Å². The van der Waals surface area contributed by atoms with Crippen LogP contribution >= 0.6 is 0 Å². The number of benzene rings is 1. The van der Waals surface area contributed by atoms with Crippen LogP contribution in [0.5, 0.6) is 0 Å². The third-order valence-corrected chi connectivity index (χ3v) is 7.23. The first-order chi connectivity index (χ1) is 15.7. The van der Waals surface area contributed by atoms with Gasteiger partial charge in [0.05, 0.1) is 11.8 Å². The highest BCUT2D eigenvalue weighted by atomic mass is 16.6. The standard InChI is InChI=1S/C26H35N4O3/c1-16(2)21(14-27)26(32)33-18(4)30-13-12-29(17(30)3)15-19-10-11-23-24(25(19)31)20-8-6-7-9-22(20)28(23)5/h6-9,12-13,16,18-19,21H,10-11,14-15,27H2,1-5H3/q+1. The van der Waals surface area contributed by atoms with E-state index in [1.807, 2.05) is 69.9 Å². The maximum atomic E-state index is 13.5. The second-order valence-electron chi connectivity index (χ2n) is 9.53. The number of para-hydroxylation sites is 1. The summed E-state index contributed by atoms with van der Waals surface area (Å²) in [4.78, 5) is 26.0. The zero-order valence-corrected chi connectivity index (χ0v) is 20.2. The quantitative estimate of drug-likeness (QED) is 0.441. The Bertz CT molecular complexity index is 1190. The smallest absolute Gasteiger partial charge is 0.313 e. The lowest BCUT2D eigenvalue weighted by Gasteiger charge is -2.21. The summed E-state index contributed by atoms with van der Waals surface area (Å²) < 4.78 is 11.9. The molecule has 1 aliphatic carbocycles. The van der Waals surface area contributed by atoms with Crippen LogP contribution in [0, 0.1) is 24.7 Å². The lowest BCUT2D eigenvalue weighted by molar-refractivity contribution is -0.758. The summed E-state index contributed by atoms with van der Waals surface area (Å²) in [7, 11) is 2.05. The molecule has 3 unspecified atom stereocenters. The summed E-state index contributed by atoms with van der Waals surface area (Å²) >= 11 is 0. The monoisotopic (exact) mass is 451 g/mol. The first-order valence-corrected chi connectivity index (χ1v) is 11.8. The molecule has 7 heteroatoms. The van der Waals surface area contributed by atoms with Gasteiger partial charge in [0.15, 0.2) is 5.78 Å².